The average Bonchev–Trinajstić information content (AvgIpc) is 3.23. The normalized spacial score (nSPS) is 15.0. The Labute approximate surface area is 216 Å². The minimum atomic E-state index is -0.785. The van der Waals surface area contributed by atoms with Gasteiger partial charge in [0, 0.05) is 55.8 Å². The van der Waals surface area contributed by atoms with Gasteiger partial charge in [-0.3, -0.25) is 9.59 Å². The molecule has 4 atom stereocenters. The van der Waals surface area contributed by atoms with Gasteiger partial charge in [0.05, 0.1) is 18.3 Å². The molecule has 8 nitrogen and oxygen atoms in total. The molecular formula is C28H46N4O4. The Morgan fingerprint density at radius 3 is 2.53 bits per heavy atom. The Balaban J connectivity index is 1.96. The fraction of sp³-hybridized carbons (Fsp3) is 0.643. The van der Waals surface area contributed by atoms with Crippen LogP contribution in [0.1, 0.15) is 63.7 Å². The SMILES string of the molecule is CCCCNC(=O)C(C)CC(O)C(N)CC(CNC(=O)c1cn(CCOC)c2ccccc12)C(C)C. The van der Waals surface area contributed by atoms with Gasteiger partial charge in [0.15, 0.2) is 0 Å². The van der Waals surface area contributed by atoms with Crippen molar-refractivity contribution in [1.82, 2.24) is 15.2 Å². The van der Waals surface area contributed by atoms with Gasteiger partial charge in [0.25, 0.3) is 5.91 Å². The highest BCUT2D eigenvalue weighted by molar-refractivity contribution is 6.07. The topological polar surface area (TPSA) is 119 Å². The van der Waals surface area contributed by atoms with Gasteiger partial charge in [-0.2, -0.15) is 0 Å². The second kappa shape index (κ2) is 15.0. The number of methoxy groups -OCH3 is 1. The summed E-state index contributed by atoms with van der Waals surface area (Å²) in [4.78, 5) is 25.4. The second-order valence-corrected chi connectivity index (χ2v) is 10.2. The van der Waals surface area contributed by atoms with Crippen LogP contribution in [-0.2, 0) is 16.1 Å². The van der Waals surface area contributed by atoms with Crippen molar-refractivity contribution in [3.8, 4) is 0 Å². The largest absolute Gasteiger partial charge is 0.391 e. The third-order valence-electron chi connectivity index (χ3n) is 6.98. The number of unbranched alkanes of at least 4 members (excludes halogenated alkanes) is 1. The summed E-state index contributed by atoms with van der Waals surface area (Å²) in [6, 6.07) is 7.38. The van der Waals surface area contributed by atoms with Crippen LogP contribution in [-0.4, -0.2) is 60.4 Å². The standard InChI is InChI=1S/C28H46N4O4/c1-6-7-12-30-27(34)20(4)15-26(33)24(29)16-21(19(2)3)17-31-28(35)23-18-32(13-14-36-5)25-11-9-8-10-22(23)25/h8-11,18-21,24,26,33H,6-7,12-17,29H2,1-5H3,(H,30,34)(H,31,35). The molecule has 1 heterocycles. The number of ether oxygens (including phenoxy) is 1. The predicted octanol–water partition coefficient (Wildman–Crippen LogP) is 3.31. The molecule has 2 aromatic rings. The number of nitrogens with one attached hydrogen (secondary N) is 2. The maximum absolute atomic E-state index is 13.1. The molecule has 4 unspecified atom stereocenters. The minimum absolute atomic E-state index is 0.0490. The summed E-state index contributed by atoms with van der Waals surface area (Å²) in [7, 11) is 1.66. The number of aliphatic hydroxyl groups excluding tert-OH is 1. The van der Waals surface area contributed by atoms with E-state index in [2.05, 4.69) is 31.4 Å². The number of benzene rings is 1. The molecular weight excluding hydrogens is 456 g/mol. The van der Waals surface area contributed by atoms with E-state index in [0.29, 0.717) is 44.6 Å². The number of aliphatic hydroxyl groups is 1. The maximum Gasteiger partial charge on any atom is 0.253 e. The number of hydrogen-bond donors (Lipinski definition) is 4. The fourth-order valence-electron chi connectivity index (χ4n) is 4.43. The number of carbonyl (C=O) groups excluding carboxylic acids is 2. The summed E-state index contributed by atoms with van der Waals surface area (Å²) in [5.41, 5.74) is 7.99. The number of nitrogens with zero attached hydrogens (tertiary/aromatic N) is 1. The molecule has 0 radical (unpaired) electrons. The van der Waals surface area contributed by atoms with Crippen molar-refractivity contribution in [1.29, 1.82) is 0 Å². The van der Waals surface area contributed by atoms with Crippen molar-refractivity contribution >= 4 is 22.7 Å². The van der Waals surface area contributed by atoms with Gasteiger partial charge in [-0.05, 0) is 37.2 Å². The molecule has 0 spiro atoms. The van der Waals surface area contributed by atoms with Crippen LogP contribution < -0.4 is 16.4 Å². The van der Waals surface area contributed by atoms with Gasteiger partial charge >= 0.3 is 0 Å². The number of hydrogen-bond acceptors (Lipinski definition) is 5. The van der Waals surface area contributed by atoms with E-state index in [1.54, 1.807) is 7.11 Å². The van der Waals surface area contributed by atoms with Crippen molar-refractivity contribution in [3.05, 3.63) is 36.0 Å². The first-order chi connectivity index (χ1) is 17.2. The molecule has 202 valence electrons. The van der Waals surface area contributed by atoms with Gasteiger partial charge in [-0.1, -0.05) is 52.3 Å². The Hall–Kier alpha value is -2.42. The zero-order valence-electron chi connectivity index (χ0n) is 22.6. The van der Waals surface area contributed by atoms with Crippen molar-refractivity contribution in [2.75, 3.05) is 26.8 Å². The molecule has 0 saturated carbocycles. The summed E-state index contributed by atoms with van der Waals surface area (Å²) in [6.45, 7) is 10.4. The van der Waals surface area contributed by atoms with Crippen molar-refractivity contribution < 1.29 is 19.4 Å². The molecule has 0 aliphatic heterocycles. The van der Waals surface area contributed by atoms with E-state index in [1.807, 2.05) is 42.0 Å². The smallest absolute Gasteiger partial charge is 0.253 e. The van der Waals surface area contributed by atoms with Crippen LogP contribution >= 0.6 is 0 Å². The van der Waals surface area contributed by atoms with Crippen LogP contribution in [0.4, 0.5) is 0 Å². The van der Waals surface area contributed by atoms with E-state index in [4.69, 9.17) is 10.5 Å². The molecule has 36 heavy (non-hydrogen) atoms. The van der Waals surface area contributed by atoms with Gasteiger partial charge < -0.3 is 30.8 Å². The molecule has 0 saturated heterocycles. The summed E-state index contributed by atoms with van der Waals surface area (Å²) >= 11 is 0. The number of carbonyl (C=O) groups is 2. The molecule has 8 heteroatoms. The van der Waals surface area contributed by atoms with E-state index in [0.717, 1.165) is 23.7 Å². The van der Waals surface area contributed by atoms with Crippen molar-refractivity contribution in [2.45, 2.75) is 72.1 Å². The Bertz CT molecular complexity index is 958. The van der Waals surface area contributed by atoms with Gasteiger partial charge in [0.2, 0.25) is 5.91 Å². The van der Waals surface area contributed by atoms with E-state index in [1.165, 1.54) is 0 Å². The lowest BCUT2D eigenvalue weighted by Crippen LogP contribution is -2.42. The first-order valence-electron chi connectivity index (χ1n) is 13.3. The maximum atomic E-state index is 13.1. The first-order valence-corrected chi connectivity index (χ1v) is 13.3. The number of fused-ring (bicyclic) bond motifs is 1. The lowest BCUT2D eigenvalue weighted by Gasteiger charge is -2.28. The molecule has 5 N–H and O–H groups in total. The zero-order valence-corrected chi connectivity index (χ0v) is 22.6. The van der Waals surface area contributed by atoms with Crippen LogP contribution in [0.3, 0.4) is 0 Å². The molecule has 2 amide bonds. The second-order valence-electron chi connectivity index (χ2n) is 10.2. The molecule has 2 rings (SSSR count). The van der Waals surface area contributed by atoms with Crippen molar-refractivity contribution in [2.24, 2.45) is 23.5 Å². The van der Waals surface area contributed by atoms with Crippen LogP contribution in [0.2, 0.25) is 0 Å². The highest BCUT2D eigenvalue weighted by Gasteiger charge is 2.26. The Morgan fingerprint density at radius 2 is 1.86 bits per heavy atom. The zero-order chi connectivity index (χ0) is 26.7. The summed E-state index contributed by atoms with van der Waals surface area (Å²) in [6.07, 6.45) is 3.93. The minimum Gasteiger partial charge on any atom is -0.391 e. The summed E-state index contributed by atoms with van der Waals surface area (Å²) < 4.78 is 7.25. The number of para-hydroxylation sites is 1. The third-order valence-corrected chi connectivity index (χ3v) is 6.98. The molecule has 1 aromatic heterocycles. The fourth-order valence-corrected chi connectivity index (χ4v) is 4.43. The van der Waals surface area contributed by atoms with E-state index >= 15 is 0 Å². The monoisotopic (exact) mass is 502 g/mol. The van der Waals surface area contributed by atoms with Crippen LogP contribution in [0.5, 0.6) is 0 Å². The summed E-state index contributed by atoms with van der Waals surface area (Å²) in [5, 5.41) is 17.6. The lowest BCUT2D eigenvalue weighted by molar-refractivity contribution is -0.125. The van der Waals surface area contributed by atoms with Crippen LogP contribution in [0.25, 0.3) is 10.9 Å². The molecule has 0 fully saturated rings. The van der Waals surface area contributed by atoms with Crippen molar-refractivity contribution in [3.63, 3.8) is 0 Å². The van der Waals surface area contributed by atoms with Crippen LogP contribution in [0.15, 0.2) is 30.5 Å². The Kier molecular flexibility index (Phi) is 12.4. The summed E-state index contributed by atoms with van der Waals surface area (Å²) in [5.74, 6) is -0.127. The molecule has 0 aliphatic carbocycles. The van der Waals surface area contributed by atoms with Gasteiger partial charge in [-0.15, -0.1) is 0 Å². The predicted molar refractivity (Wildman–Crippen MR) is 145 cm³/mol. The number of aromatic nitrogens is 1. The third kappa shape index (κ3) is 8.61. The van der Waals surface area contributed by atoms with E-state index < -0.39 is 12.1 Å². The molecule has 0 aliphatic rings. The number of amides is 2. The van der Waals surface area contributed by atoms with E-state index in [9.17, 15) is 14.7 Å². The lowest BCUT2D eigenvalue weighted by atomic mass is 9.86. The first kappa shape index (κ1) is 29.8. The number of nitrogens with two attached hydrogens (primary N) is 1. The highest BCUT2D eigenvalue weighted by atomic mass is 16.5. The van der Waals surface area contributed by atoms with E-state index in [-0.39, 0.29) is 29.6 Å². The highest BCUT2D eigenvalue weighted by Crippen LogP contribution is 2.23. The quantitative estimate of drug-likeness (QED) is 0.263. The molecule has 0 bridgehead atoms. The average molecular weight is 503 g/mol. The van der Waals surface area contributed by atoms with Gasteiger partial charge in [0.1, 0.15) is 0 Å². The van der Waals surface area contributed by atoms with Crippen LogP contribution in [0, 0.1) is 17.8 Å². The Morgan fingerprint density at radius 1 is 1.14 bits per heavy atom. The van der Waals surface area contributed by atoms with Gasteiger partial charge in [-0.25, -0.2) is 0 Å². The number of rotatable bonds is 16. The molecule has 1 aromatic carbocycles.